The van der Waals surface area contributed by atoms with Crippen molar-refractivity contribution in [1.29, 1.82) is 0 Å². The fourth-order valence-electron chi connectivity index (χ4n) is 4.46. The first-order chi connectivity index (χ1) is 13.5. The molecule has 2 heterocycles. The largest absolute Gasteiger partial charge is 0.375 e. The number of aryl methyl sites for hydroxylation is 2. The minimum absolute atomic E-state index is 0.530. The summed E-state index contributed by atoms with van der Waals surface area (Å²) in [6.45, 7) is 5.70. The number of thiazole rings is 2. The Morgan fingerprint density at radius 3 is 2.14 bits per heavy atom. The SMILES string of the molecule is CC(C)[C@H](CCN[C@@H]1CCc2nc(N)sc2C1)NC1CCc2nc(N)sc2C1. The van der Waals surface area contributed by atoms with Crippen LogP contribution in [-0.4, -0.2) is 34.6 Å². The van der Waals surface area contributed by atoms with E-state index >= 15 is 0 Å². The molecule has 8 heteroatoms. The molecular weight excluding hydrogens is 388 g/mol. The normalized spacial score (nSPS) is 22.8. The quantitative estimate of drug-likeness (QED) is 0.549. The molecule has 0 aliphatic heterocycles. The van der Waals surface area contributed by atoms with Gasteiger partial charge in [-0.1, -0.05) is 13.8 Å². The van der Waals surface area contributed by atoms with E-state index in [0.717, 1.165) is 51.5 Å². The molecule has 3 atom stereocenters. The fourth-order valence-corrected chi connectivity index (χ4v) is 6.38. The van der Waals surface area contributed by atoms with Crippen LogP contribution in [0.1, 0.15) is 54.3 Å². The van der Waals surface area contributed by atoms with Gasteiger partial charge in [0, 0.05) is 27.9 Å². The van der Waals surface area contributed by atoms with Crippen molar-refractivity contribution in [1.82, 2.24) is 20.6 Å². The van der Waals surface area contributed by atoms with Crippen LogP contribution in [0.5, 0.6) is 0 Å². The number of aromatic nitrogens is 2. The summed E-state index contributed by atoms with van der Waals surface area (Å²) in [5, 5.41) is 9.15. The lowest BCUT2D eigenvalue weighted by atomic mass is 9.93. The number of nitrogens with one attached hydrogen (secondary N) is 2. The van der Waals surface area contributed by atoms with Crippen molar-refractivity contribution in [2.45, 2.75) is 76.9 Å². The number of hydrogen-bond donors (Lipinski definition) is 4. The maximum absolute atomic E-state index is 5.89. The molecule has 154 valence electrons. The first-order valence-electron chi connectivity index (χ1n) is 10.5. The number of nitrogens with zero attached hydrogens (tertiary/aromatic N) is 2. The van der Waals surface area contributed by atoms with Gasteiger partial charge < -0.3 is 22.1 Å². The maximum atomic E-state index is 5.89. The molecule has 0 saturated heterocycles. The van der Waals surface area contributed by atoms with E-state index in [-0.39, 0.29) is 0 Å². The van der Waals surface area contributed by atoms with Crippen molar-refractivity contribution in [2.75, 3.05) is 18.0 Å². The zero-order chi connectivity index (χ0) is 19.7. The van der Waals surface area contributed by atoms with E-state index in [1.54, 1.807) is 22.7 Å². The molecule has 2 aromatic heterocycles. The zero-order valence-corrected chi connectivity index (χ0v) is 18.5. The first-order valence-corrected chi connectivity index (χ1v) is 12.1. The van der Waals surface area contributed by atoms with Crippen molar-refractivity contribution >= 4 is 32.9 Å². The van der Waals surface area contributed by atoms with E-state index in [4.69, 9.17) is 11.5 Å². The molecule has 2 aliphatic carbocycles. The Bertz CT molecular complexity index is 799. The first kappa shape index (κ1) is 20.1. The lowest BCUT2D eigenvalue weighted by Crippen LogP contribution is -2.46. The Hall–Kier alpha value is -1.22. The van der Waals surface area contributed by atoms with Gasteiger partial charge in [0.1, 0.15) is 0 Å². The van der Waals surface area contributed by atoms with Crippen LogP contribution in [0.3, 0.4) is 0 Å². The standard InChI is InChI=1S/C20H32N6S2/c1-11(2)14(24-13-4-6-16-18(10-13)28-20(22)26-16)7-8-23-12-3-5-15-17(9-12)27-19(21)25-15/h11-14,23-24H,3-10H2,1-2H3,(H2,21,25)(H2,22,26)/t12-,13?,14+/m1/s1. The average molecular weight is 421 g/mol. The van der Waals surface area contributed by atoms with Gasteiger partial charge in [-0.3, -0.25) is 0 Å². The van der Waals surface area contributed by atoms with Gasteiger partial charge in [-0.25, -0.2) is 9.97 Å². The van der Waals surface area contributed by atoms with Crippen molar-refractivity contribution in [3.8, 4) is 0 Å². The summed E-state index contributed by atoms with van der Waals surface area (Å²) in [5.41, 5.74) is 14.2. The molecule has 0 bridgehead atoms. The van der Waals surface area contributed by atoms with Gasteiger partial charge in [0.2, 0.25) is 0 Å². The van der Waals surface area contributed by atoms with Crippen LogP contribution in [0.4, 0.5) is 10.3 Å². The van der Waals surface area contributed by atoms with Crippen LogP contribution in [0.25, 0.3) is 0 Å². The highest BCUT2D eigenvalue weighted by molar-refractivity contribution is 7.15. The maximum Gasteiger partial charge on any atom is 0.180 e. The van der Waals surface area contributed by atoms with E-state index in [0.29, 0.717) is 34.3 Å². The Balaban J connectivity index is 1.25. The van der Waals surface area contributed by atoms with E-state index < -0.39 is 0 Å². The molecule has 2 aliphatic rings. The second-order valence-electron chi connectivity index (χ2n) is 8.48. The molecule has 0 spiro atoms. The zero-order valence-electron chi connectivity index (χ0n) is 16.8. The Morgan fingerprint density at radius 2 is 1.54 bits per heavy atom. The minimum Gasteiger partial charge on any atom is -0.375 e. The smallest absolute Gasteiger partial charge is 0.180 e. The van der Waals surface area contributed by atoms with Gasteiger partial charge in [0.15, 0.2) is 10.3 Å². The molecule has 0 amide bonds. The molecular formula is C20H32N6S2. The molecule has 28 heavy (non-hydrogen) atoms. The summed E-state index contributed by atoms with van der Waals surface area (Å²) in [7, 11) is 0. The molecule has 6 N–H and O–H groups in total. The highest BCUT2D eigenvalue weighted by Gasteiger charge is 2.26. The number of anilines is 2. The van der Waals surface area contributed by atoms with Gasteiger partial charge >= 0.3 is 0 Å². The van der Waals surface area contributed by atoms with Crippen LogP contribution < -0.4 is 22.1 Å². The van der Waals surface area contributed by atoms with E-state index in [1.807, 2.05) is 0 Å². The molecule has 0 fully saturated rings. The average Bonchev–Trinajstić information content (AvgIpc) is 3.20. The van der Waals surface area contributed by atoms with Crippen LogP contribution in [0.15, 0.2) is 0 Å². The van der Waals surface area contributed by atoms with E-state index in [2.05, 4.69) is 34.4 Å². The van der Waals surface area contributed by atoms with E-state index in [9.17, 15) is 0 Å². The van der Waals surface area contributed by atoms with Crippen LogP contribution in [0.2, 0.25) is 0 Å². The van der Waals surface area contributed by atoms with Crippen LogP contribution >= 0.6 is 22.7 Å². The fraction of sp³-hybridized carbons (Fsp3) is 0.700. The summed E-state index contributed by atoms with van der Waals surface area (Å²) < 4.78 is 0. The highest BCUT2D eigenvalue weighted by Crippen LogP contribution is 2.29. The van der Waals surface area contributed by atoms with Gasteiger partial charge in [0.05, 0.1) is 11.4 Å². The second kappa shape index (κ2) is 8.65. The number of nitrogens with two attached hydrogens (primary N) is 2. The summed E-state index contributed by atoms with van der Waals surface area (Å²) in [6.07, 6.45) is 7.71. The molecule has 0 aromatic carbocycles. The number of nitrogen functional groups attached to an aromatic ring is 2. The van der Waals surface area contributed by atoms with Crippen LogP contribution in [0, 0.1) is 5.92 Å². The molecule has 0 radical (unpaired) electrons. The number of fused-ring (bicyclic) bond motifs is 2. The Labute approximate surface area is 175 Å². The monoisotopic (exact) mass is 420 g/mol. The van der Waals surface area contributed by atoms with Crippen molar-refractivity contribution < 1.29 is 0 Å². The number of rotatable bonds is 7. The molecule has 4 rings (SSSR count). The second-order valence-corrected chi connectivity index (χ2v) is 10.7. The summed E-state index contributed by atoms with van der Waals surface area (Å²) in [5.74, 6) is 0.619. The van der Waals surface area contributed by atoms with Crippen molar-refractivity contribution in [3.05, 3.63) is 21.1 Å². The lowest BCUT2D eigenvalue weighted by molar-refractivity contribution is 0.307. The summed E-state index contributed by atoms with van der Waals surface area (Å²) in [6, 6.07) is 1.62. The molecule has 6 nitrogen and oxygen atoms in total. The third kappa shape index (κ3) is 4.67. The molecule has 0 saturated carbocycles. The Kier molecular flexibility index (Phi) is 6.20. The summed E-state index contributed by atoms with van der Waals surface area (Å²) in [4.78, 5) is 11.7. The van der Waals surface area contributed by atoms with Gasteiger partial charge in [0.25, 0.3) is 0 Å². The third-order valence-electron chi connectivity index (χ3n) is 6.06. The van der Waals surface area contributed by atoms with E-state index in [1.165, 1.54) is 21.1 Å². The topological polar surface area (TPSA) is 102 Å². The molecule has 2 aromatic rings. The lowest BCUT2D eigenvalue weighted by Gasteiger charge is -2.31. The Morgan fingerprint density at radius 1 is 0.964 bits per heavy atom. The van der Waals surface area contributed by atoms with Crippen molar-refractivity contribution in [3.63, 3.8) is 0 Å². The van der Waals surface area contributed by atoms with Gasteiger partial charge in [-0.15, -0.1) is 22.7 Å². The van der Waals surface area contributed by atoms with Crippen molar-refractivity contribution in [2.24, 2.45) is 5.92 Å². The highest BCUT2D eigenvalue weighted by atomic mass is 32.1. The minimum atomic E-state index is 0.530. The van der Waals surface area contributed by atoms with Gasteiger partial charge in [-0.05, 0) is 57.4 Å². The van der Waals surface area contributed by atoms with Gasteiger partial charge in [-0.2, -0.15) is 0 Å². The predicted octanol–water partition coefficient (Wildman–Crippen LogP) is 2.77. The number of hydrogen-bond acceptors (Lipinski definition) is 8. The predicted molar refractivity (Wildman–Crippen MR) is 119 cm³/mol. The summed E-state index contributed by atoms with van der Waals surface area (Å²) >= 11 is 3.32. The molecule has 1 unspecified atom stereocenters. The van der Waals surface area contributed by atoms with Crippen LogP contribution in [-0.2, 0) is 25.7 Å². The third-order valence-corrected chi connectivity index (χ3v) is 7.95.